The van der Waals surface area contributed by atoms with E-state index in [0.29, 0.717) is 26.3 Å². The SMILES string of the molecule is Cc1cccc(C)c1C(=O)NCCCOCCN. The van der Waals surface area contributed by atoms with E-state index in [1.807, 2.05) is 32.0 Å². The van der Waals surface area contributed by atoms with Crippen molar-refractivity contribution < 1.29 is 9.53 Å². The van der Waals surface area contributed by atoms with Gasteiger partial charge in [-0.15, -0.1) is 0 Å². The molecule has 1 aromatic rings. The van der Waals surface area contributed by atoms with Crippen LogP contribution in [0.5, 0.6) is 0 Å². The van der Waals surface area contributed by atoms with Crippen molar-refractivity contribution in [1.29, 1.82) is 0 Å². The Balaban J connectivity index is 2.37. The van der Waals surface area contributed by atoms with Gasteiger partial charge < -0.3 is 15.8 Å². The van der Waals surface area contributed by atoms with Crippen LogP contribution in [0.4, 0.5) is 0 Å². The van der Waals surface area contributed by atoms with E-state index in [1.54, 1.807) is 0 Å². The Bertz CT molecular complexity index is 371. The summed E-state index contributed by atoms with van der Waals surface area (Å²) < 4.78 is 5.24. The number of hydrogen-bond donors (Lipinski definition) is 2. The minimum atomic E-state index is -0.00979. The monoisotopic (exact) mass is 250 g/mol. The molecule has 0 saturated heterocycles. The van der Waals surface area contributed by atoms with Crippen molar-refractivity contribution >= 4 is 5.91 Å². The van der Waals surface area contributed by atoms with Crippen LogP contribution in [0.3, 0.4) is 0 Å². The van der Waals surface area contributed by atoms with Crippen LogP contribution in [0.1, 0.15) is 27.9 Å². The Hall–Kier alpha value is -1.39. The first-order valence-electron chi connectivity index (χ1n) is 6.29. The van der Waals surface area contributed by atoms with Gasteiger partial charge in [0.1, 0.15) is 0 Å². The van der Waals surface area contributed by atoms with E-state index in [0.717, 1.165) is 23.1 Å². The molecule has 4 nitrogen and oxygen atoms in total. The van der Waals surface area contributed by atoms with Crippen LogP contribution in [0.2, 0.25) is 0 Å². The molecule has 0 fully saturated rings. The highest BCUT2D eigenvalue weighted by Gasteiger charge is 2.10. The van der Waals surface area contributed by atoms with Crippen LogP contribution in [-0.4, -0.2) is 32.2 Å². The van der Waals surface area contributed by atoms with E-state index >= 15 is 0 Å². The Labute approximate surface area is 109 Å². The molecule has 0 aliphatic heterocycles. The molecule has 1 aromatic carbocycles. The van der Waals surface area contributed by atoms with E-state index in [4.69, 9.17) is 10.5 Å². The molecule has 0 atom stereocenters. The molecule has 0 unspecified atom stereocenters. The number of benzene rings is 1. The molecule has 0 aromatic heterocycles. The molecule has 0 bridgehead atoms. The Kier molecular flexibility index (Phi) is 6.39. The largest absolute Gasteiger partial charge is 0.380 e. The van der Waals surface area contributed by atoms with Gasteiger partial charge in [-0.3, -0.25) is 4.79 Å². The number of amides is 1. The smallest absolute Gasteiger partial charge is 0.251 e. The molecule has 0 radical (unpaired) electrons. The third-order valence-electron chi connectivity index (χ3n) is 2.72. The van der Waals surface area contributed by atoms with Crippen LogP contribution >= 0.6 is 0 Å². The molecule has 18 heavy (non-hydrogen) atoms. The van der Waals surface area contributed by atoms with Gasteiger partial charge in [-0.2, -0.15) is 0 Å². The standard InChI is InChI=1S/C14H22N2O2/c1-11-5-3-6-12(2)13(11)14(17)16-8-4-9-18-10-7-15/h3,5-6H,4,7-10,15H2,1-2H3,(H,16,17). The number of hydrogen-bond acceptors (Lipinski definition) is 3. The molecule has 0 aliphatic carbocycles. The first-order valence-corrected chi connectivity index (χ1v) is 6.29. The van der Waals surface area contributed by atoms with Gasteiger partial charge in [-0.1, -0.05) is 18.2 Å². The van der Waals surface area contributed by atoms with Gasteiger partial charge in [0.15, 0.2) is 0 Å². The maximum Gasteiger partial charge on any atom is 0.251 e. The lowest BCUT2D eigenvalue weighted by Crippen LogP contribution is -2.27. The van der Waals surface area contributed by atoms with E-state index in [-0.39, 0.29) is 5.91 Å². The zero-order valence-corrected chi connectivity index (χ0v) is 11.2. The summed E-state index contributed by atoms with van der Waals surface area (Å²) in [6.07, 6.45) is 0.802. The maximum atomic E-state index is 12.0. The summed E-state index contributed by atoms with van der Waals surface area (Å²) >= 11 is 0. The highest BCUT2D eigenvalue weighted by molar-refractivity contribution is 5.96. The molecule has 3 N–H and O–H groups in total. The summed E-state index contributed by atoms with van der Waals surface area (Å²) in [5.41, 5.74) is 8.10. The fourth-order valence-electron chi connectivity index (χ4n) is 1.82. The van der Waals surface area contributed by atoms with Gasteiger partial charge in [-0.25, -0.2) is 0 Å². The second kappa shape index (κ2) is 7.84. The molecular weight excluding hydrogens is 228 g/mol. The number of nitrogens with two attached hydrogens (primary N) is 1. The molecule has 4 heteroatoms. The second-order valence-corrected chi connectivity index (χ2v) is 4.28. The minimum Gasteiger partial charge on any atom is -0.380 e. The molecule has 1 rings (SSSR count). The maximum absolute atomic E-state index is 12.0. The fraction of sp³-hybridized carbons (Fsp3) is 0.500. The molecule has 0 heterocycles. The number of carbonyl (C=O) groups is 1. The summed E-state index contributed by atoms with van der Waals surface area (Å²) in [6.45, 7) is 6.26. The molecule has 1 amide bonds. The average Bonchev–Trinajstić information content (AvgIpc) is 2.33. The van der Waals surface area contributed by atoms with E-state index in [1.165, 1.54) is 0 Å². The fourth-order valence-corrected chi connectivity index (χ4v) is 1.82. The third kappa shape index (κ3) is 4.47. The van der Waals surface area contributed by atoms with Gasteiger partial charge in [0.05, 0.1) is 6.61 Å². The lowest BCUT2D eigenvalue weighted by molar-refractivity contribution is 0.0942. The predicted octanol–water partition coefficient (Wildman–Crippen LogP) is 1.40. The third-order valence-corrected chi connectivity index (χ3v) is 2.72. The number of rotatable bonds is 7. The van der Waals surface area contributed by atoms with Crippen molar-refractivity contribution in [3.8, 4) is 0 Å². The average molecular weight is 250 g/mol. The summed E-state index contributed by atoms with van der Waals surface area (Å²) in [5.74, 6) is -0.00979. The minimum absolute atomic E-state index is 0.00979. The van der Waals surface area contributed by atoms with Gasteiger partial charge in [0.25, 0.3) is 5.91 Å². The molecule has 0 spiro atoms. The van der Waals surface area contributed by atoms with Crippen molar-refractivity contribution in [3.63, 3.8) is 0 Å². The summed E-state index contributed by atoms with van der Waals surface area (Å²) in [4.78, 5) is 12.0. The van der Waals surface area contributed by atoms with Crippen molar-refractivity contribution in [2.45, 2.75) is 20.3 Å². The lowest BCUT2D eigenvalue weighted by Gasteiger charge is -2.10. The highest BCUT2D eigenvalue weighted by Crippen LogP contribution is 2.12. The Morgan fingerprint density at radius 3 is 2.56 bits per heavy atom. The van der Waals surface area contributed by atoms with Gasteiger partial charge in [-0.05, 0) is 31.4 Å². The van der Waals surface area contributed by atoms with Crippen molar-refractivity contribution in [3.05, 3.63) is 34.9 Å². The van der Waals surface area contributed by atoms with E-state index < -0.39 is 0 Å². The Morgan fingerprint density at radius 2 is 1.94 bits per heavy atom. The number of ether oxygens (including phenoxy) is 1. The van der Waals surface area contributed by atoms with Gasteiger partial charge >= 0.3 is 0 Å². The normalized spacial score (nSPS) is 10.4. The highest BCUT2D eigenvalue weighted by atomic mass is 16.5. The zero-order chi connectivity index (χ0) is 13.4. The quantitative estimate of drug-likeness (QED) is 0.719. The molecule has 0 saturated carbocycles. The van der Waals surface area contributed by atoms with Crippen molar-refractivity contribution in [1.82, 2.24) is 5.32 Å². The van der Waals surface area contributed by atoms with Crippen LogP contribution in [-0.2, 0) is 4.74 Å². The Morgan fingerprint density at radius 1 is 1.28 bits per heavy atom. The first kappa shape index (κ1) is 14.7. The summed E-state index contributed by atoms with van der Waals surface area (Å²) in [7, 11) is 0. The lowest BCUT2D eigenvalue weighted by atomic mass is 10.0. The predicted molar refractivity (Wildman–Crippen MR) is 72.7 cm³/mol. The van der Waals surface area contributed by atoms with Crippen LogP contribution in [0.15, 0.2) is 18.2 Å². The summed E-state index contributed by atoms with van der Waals surface area (Å²) in [5, 5.41) is 2.91. The first-order chi connectivity index (χ1) is 8.66. The van der Waals surface area contributed by atoms with Gasteiger partial charge in [0, 0.05) is 25.3 Å². The van der Waals surface area contributed by atoms with E-state index in [2.05, 4.69) is 5.32 Å². The van der Waals surface area contributed by atoms with Crippen LogP contribution < -0.4 is 11.1 Å². The van der Waals surface area contributed by atoms with Crippen LogP contribution in [0, 0.1) is 13.8 Å². The van der Waals surface area contributed by atoms with Crippen molar-refractivity contribution in [2.75, 3.05) is 26.3 Å². The number of carbonyl (C=O) groups excluding carboxylic acids is 1. The molecular formula is C14H22N2O2. The van der Waals surface area contributed by atoms with Crippen molar-refractivity contribution in [2.24, 2.45) is 5.73 Å². The van der Waals surface area contributed by atoms with Crippen LogP contribution in [0.25, 0.3) is 0 Å². The van der Waals surface area contributed by atoms with Gasteiger partial charge in [0.2, 0.25) is 0 Å². The van der Waals surface area contributed by atoms with E-state index in [9.17, 15) is 4.79 Å². The zero-order valence-electron chi connectivity index (χ0n) is 11.2. The topological polar surface area (TPSA) is 64.3 Å². The molecule has 0 aliphatic rings. The number of nitrogens with one attached hydrogen (secondary N) is 1. The second-order valence-electron chi connectivity index (χ2n) is 4.28. The summed E-state index contributed by atoms with van der Waals surface area (Å²) in [6, 6.07) is 5.86. The number of aryl methyl sites for hydroxylation is 2. The molecule has 100 valence electrons.